The van der Waals surface area contributed by atoms with Gasteiger partial charge in [0, 0.05) is 0 Å². The van der Waals surface area contributed by atoms with E-state index in [1.807, 2.05) is 0 Å². The maximum atomic E-state index is 9.75. The minimum absolute atomic E-state index is 0.0300. The third kappa shape index (κ3) is 3.07. The highest BCUT2D eigenvalue weighted by Crippen LogP contribution is 2.60. The standard InChI is InChI=1S/C24H39N/c1-3-6-17-7-5-8-21-19(17)11-12-22-20-13-14-24(4-2,16-25)15-18(20)9-10-23(21)22/h17-23H,3-15H2,1-2H3. The number of hydrogen-bond donors (Lipinski definition) is 0. The van der Waals surface area contributed by atoms with Gasteiger partial charge in [-0.25, -0.2) is 0 Å². The zero-order valence-electron chi connectivity index (χ0n) is 16.7. The van der Waals surface area contributed by atoms with Crippen molar-refractivity contribution in [3.05, 3.63) is 0 Å². The molecule has 4 aliphatic carbocycles. The molecule has 0 radical (unpaired) electrons. The van der Waals surface area contributed by atoms with Crippen LogP contribution >= 0.6 is 0 Å². The second kappa shape index (κ2) is 7.25. The Morgan fingerprint density at radius 3 is 2.32 bits per heavy atom. The molecule has 0 aromatic heterocycles. The van der Waals surface area contributed by atoms with E-state index in [0.29, 0.717) is 0 Å². The molecule has 1 nitrogen and oxygen atoms in total. The van der Waals surface area contributed by atoms with Crippen LogP contribution in [0.3, 0.4) is 0 Å². The summed E-state index contributed by atoms with van der Waals surface area (Å²) in [6.07, 6.45) is 18.3. The molecule has 8 atom stereocenters. The molecule has 25 heavy (non-hydrogen) atoms. The number of fused-ring (bicyclic) bond motifs is 5. The molecule has 0 N–H and O–H groups in total. The van der Waals surface area contributed by atoms with Crippen molar-refractivity contribution in [3.63, 3.8) is 0 Å². The number of hydrogen-bond acceptors (Lipinski definition) is 1. The molecule has 4 saturated carbocycles. The van der Waals surface area contributed by atoms with Crippen LogP contribution in [-0.4, -0.2) is 0 Å². The van der Waals surface area contributed by atoms with Crippen molar-refractivity contribution in [2.24, 2.45) is 46.8 Å². The Morgan fingerprint density at radius 1 is 0.840 bits per heavy atom. The van der Waals surface area contributed by atoms with Crippen molar-refractivity contribution >= 4 is 0 Å². The summed E-state index contributed by atoms with van der Waals surface area (Å²) in [5.74, 6) is 7.12. The van der Waals surface area contributed by atoms with Crippen molar-refractivity contribution in [1.29, 1.82) is 5.26 Å². The Bertz CT molecular complexity index is 503. The molecule has 0 bridgehead atoms. The fourth-order valence-electron chi connectivity index (χ4n) is 8.20. The van der Waals surface area contributed by atoms with Gasteiger partial charge in [0.2, 0.25) is 0 Å². The molecule has 140 valence electrons. The van der Waals surface area contributed by atoms with Gasteiger partial charge in [0.25, 0.3) is 0 Å². The van der Waals surface area contributed by atoms with Gasteiger partial charge in [0.1, 0.15) is 0 Å². The highest BCUT2D eigenvalue weighted by molar-refractivity contribution is 5.07. The Labute approximate surface area is 156 Å². The average Bonchev–Trinajstić information content (AvgIpc) is 2.67. The van der Waals surface area contributed by atoms with Gasteiger partial charge < -0.3 is 0 Å². The summed E-state index contributed by atoms with van der Waals surface area (Å²) in [7, 11) is 0. The van der Waals surface area contributed by atoms with Crippen LogP contribution < -0.4 is 0 Å². The lowest BCUT2D eigenvalue weighted by molar-refractivity contribution is -0.0711. The molecule has 4 fully saturated rings. The van der Waals surface area contributed by atoms with Gasteiger partial charge in [-0.3, -0.25) is 0 Å². The zero-order chi connectivity index (χ0) is 17.4. The van der Waals surface area contributed by atoms with E-state index in [1.54, 1.807) is 6.42 Å². The molecule has 0 aromatic carbocycles. The maximum Gasteiger partial charge on any atom is 0.0689 e. The Kier molecular flexibility index (Phi) is 5.18. The second-order valence-corrected chi connectivity index (χ2v) is 10.2. The van der Waals surface area contributed by atoms with Crippen LogP contribution in [0.25, 0.3) is 0 Å². The molecular formula is C24H39N. The van der Waals surface area contributed by atoms with Gasteiger partial charge in [0.05, 0.1) is 11.5 Å². The van der Waals surface area contributed by atoms with Crippen LogP contribution in [0.5, 0.6) is 0 Å². The minimum atomic E-state index is 0.0300. The normalized spacial score (nSPS) is 49.4. The summed E-state index contributed by atoms with van der Waals surface area (Å²) in [5.41, 5.74) is 0.0300. The third-order valence-electron chi connectivity index (χ3n) is 9.41. The van der Waals surface area contributed by atoms with Crippen LogP contribution in [0.15, 0.2) is 0 Å². The first-order chi connectivity index (χ1) is 12.2. The molecule has 1 heteroatoms. The zero-order valence-corrected chi connectivity index (χ0v) is 16.7. The van der Waals surface area contributed by atoms with Crippen LogP contribution in [0.1, 0.15) is 97.3 Å². The second-order valence-electron chi connectivity index (χ2n) is 10.2. The monoisotopic (exact) mass is 341 g/mol. The molecule has 0 heterocycles. The molecule has 8 unspecified atom stereocenters. The van der Waals surface area contributed by atoms with Crippen molar-refractivity contribution in [2.75, 3.05) is 0 Å². The van der Waals surface area contributed by atoms with Gasteiger partial charge in [-0.2, -0.15) is 5.26 Å². The van der Waals surface area contributed by atoms with E-state index in [0.717, 1.165) is 47.8 Å². The lowest BCUT2D eigenvalue weighted by Gasteiger charge is -2.57. The topological polar surface area (TPSA) is 23.8 Å². The van der Waals surface area contributed by atoms with Gasteiger partial charge in [0.15, 0.2) is 0 Å². The van der Waals surface area contributed by atoms with Crippen molar-refractivity contribution in [3.8, 4) is 6.07 Å². The Morgan fingerprint density at radius 2 is 1.56 bits per heavy atom. The SMILES string of the molecule is CCCC1CCCC2C1CCC1C3CCC(C#N)(CC)CC3CCC21. The molecule has 4 aliphatic rings. The lowest BCUT2D eigenvalue weighted by Crippen LogP contribution is -2.49. The minimum Gasteiger partial charge on any atom is -0.198 e. The van der Waals surface area contributed by atoms with Gasteiger partial charge in [-0.15, -0.1) is 0 Å². The summed E-state index contributed by atoms with van der Waals surface area (Å²) >= 11 is 0. The summed E-state index contributed by atoms with van der Waals surface area (Å²) in [6, 6.07) is 2.74. The first-order valence-corrected chi connectivity index (χ1v) is 11.6. The predicted octanol–water partition coefficient (Wildman–Crippen LogP) is 6.98. The Balaban J connectivity index is 1.48. The summed E-state index contributed by atoms with van der Waals surface area (Å²) in [5, 5.41) is 9.75. The number of nitriles is 1. The molecule has 0 saturated heterocycles. The van der Waals surface area contributed by atoms with E-state index in [9.17, 15) is 5.26 Å². The fraction of sp³-hybridized carbons (Fsp3) is 0.958. The maximum absolute atomic E-state index is 9.75. The van der Waals surface area contributed by atoms with E-state index in [1.165, 1.54) is 70.6 Å². The molecule has 0 amide bonds. The van der Waals surface area contributed by atoms with Crippen LogP contribution in [-0.2, 0) is 0 Å². The van der Waals surface area contributed by atoms with E-state index < -0.39 is 0 Å². The van der Waals surface area contributed by atoms with E-state index in [-0.39, 0.29) is 5.41 Å². The molecule has 0 aromatic rings. The van der Waals surface area contributed by atoms with Gasteiger partial charge >= 0.3 is 0 Å². The number of rotatable bonds is 3. The smallest absolute Gasteiger partial charge is 0.0689 e. The average molecular weight is 342 g/mol. The van der Waals surface area contributed by atoms with Crippen LogP contribution in [0, 0.1) is 58.2 Å². The van der Waals surface area contributed by atoms with E-state index in [2.05, 4.69) is 19.9 Å². The van der Waals surface area contributed by atoms with Crippen molar-refractivity contribution < 1.29 is 0 Å². The first kappa shape index (κ1) is 17.9. The van der Waals surface area contributed by atoms with E-state index in [4.69, 9.17) is 0 Å². The first-order valence-electron chi connectivity index (χ1n) is 11.6. The summed E-state index contributed by atoms with van der Waals surface area (Å²) < 4.78 is 0. The Hall–Kier alpha value is -0.510. The van der Waals surface area contributed by atoms with Crippen molar-refractivity contribution in [2.45, 2.75) is 97.3 Å². The van der Waals surface area contributed by atoms with Gasteiger partial charge in [-0.1, -0.05) is 39.5 Å². The molecule has 0 spiro atoms. The third-order valence-corrected chi connectivity index (χ3v) is 9.41. The summed E-state index contributed by atoms with van der Waals surface area (Å²) in [6.45, 7) is 4.63. The largest absolute Gasteiger partial charge is 0.198 e. The molecule has 0 aliphatic heterocycles. The summed E-state index contributed by atoms with van der Waals surface area (Å²) in [4.78, 5) is 0. The highest BCUT2D eigenvalue weighted by atomic mass is 14.6. The van der Waals surface area contributed by atoms with Gasteiger partial charge in [-0.05, 0) is 99.2 Å². The lowest BCUT2D eigenvalue weighted by atomic mass is 9.48. The van der Waals surface area contributed by atoms with Crippen LogP contribution in [0.4, 0.5) is 0 Å². The molecule has 4 rings (SSSR count). The quantitative estimate of drug-likeness (QED) is 0.543. The van der Waals surface area contributed by atoms with Crippen LogP contribution in [0.2, 0.25) is 0 Å². The highest BCUT2D eigenvalue weighted by Gasteiger charge is 2.52. The molecular weight excluding hydrogens is 302 g/mol. The predicted molar refractivity (Wildman–Crippen MR) is 104 cm³/mol. The number of nitrogens with zero attached hydrogens (tertiary/aromatic N) is 1. The van der Waals surface area contributed by atoms with Crippen molar-refractivity contribution in [1.82, 2.24) is 0 Å². The van der Waals surface area contributed by atoms with E-state index >= 15 is 0 Å². The fourth-order valence-corrected chi connectivity index (χ4v) is 8.20.